The minimum atomic E-state index is -0.970. The van der Waals surface area contributed by atoms with Crippen LogP contribution in [0.2, 0.25) is 0 Å². The largest absolute Gasteiger partial charge is 0.457 e. The van der Waals surface area contributed by atoms with Crippen LogP contribution in [0.4, 0.5) is 10.1 Å². The first-order valence-electron chi connectivity index (χ1n) is 9.15. The van der Waals surface area contributed by atoms with Crippen LogP contribution in [0.3, 0.4) is 0 Å². The first-order chi connectivity index (χ1) is 14.2. The lowest BCUT2D eigenvalue weighted by atomic mass is 9.99. The lowest BCUT2D eigenvalue weighted by molar-refractivity contribution is -0.121. The van der Waals surface area contributed by atoms with E-state index in [0.717, 1.165) is 5.69 Å². The predicted octanol–water partition coefficient (Wildman–Crippen LogP) is 4.45. The molecule has 3 aromatic carbocycles. The van der Waals surface area contributed by atoms with Gasteiger partial charge in [0.05, 0.1) is 6.07 Å². The quantitative estimate of drug-likeness (QED) is 0.558. The van der Waals surface area contributed by atoms with Crippen molar-refractivity contribution in [2.75, 3.05) is 18.4 Å². The van der Waals surface area contributed by atoms with Crippen LogP contribution in [-0.2, 0) is 4.79 Å². The van der Waals surface area contributed by atoms with Gasteiger partial charge in [0, 0.05) is 24.8 Å². The Kier molecular flexibility index (Phi) is 6.80. The van der Waals surface area contributed by atoms with E-state index in [1.807, 2.05) is 36.4 Å². The highest BCUT2D eigenvalue weighted by Gasteiger charge is 2.20. The van der Waals surface area contributed by atoms with Crippen LogP contribution in [0.15, 0.2) is 78.9 Å². The molecule has 0 fully saturated rings. The van der Waals surface area contributed by atoms with Crippen molar-refractivity contribution in [2.24, 2.45) is 0 Å². The molecule has 0 aromatic heterocycles. The minimum Gasteiger partial charge on any atom is -0.457 e. The van der Waals surface area contributed by atoms with Crippen LogP contribution >= 0.6 is 0 Å². The Bertz CT molecular complexity index is 1000. The van der Waals surface area contributed by atoms with E-state index in [4.69, 9.17) is 4.74 Å². The first-order valence-corrected chi connectivity index (χ1v) is 9.15. The standard InChI is InChI=1S/C23H20FN3O2/c24-18-7-5-11-21(15-18)29-20-10-4-6-17(14-20)22(16-25)23(28)27-13-12-26-19-8-2-1-3-9-19/h1-11,14-15,22,26H,12-13H2,(H,27,28). The topological polar surface area (TPSA) is 74.2 Å². The summed E-state index contributed by atoms with van der Waals surface area (Å²) in [5.41, 5.74) is 1.47. The summed E-state index contributed by atoms with van der Waals surface area (Å²) >= 11 is 0. The summed E-state index contributed by atoms with van der Waals surface area (Å²) in [4.78, 5) is 12.4. The number of para-hydroxylation sites is 1. The van der Waals surface area contributed by atoms with E-state index < -0.39 is 11.7 Å². The van der Waals surface area contributed by atoms with Gasteiger partial charge in [0.25, 0.3) is 0 Å². The van der Waals surface area contributed by atoms with Crippen molar-refractivity contribution >= 4 is 11.6 Å². The number of nitrogens with one attached hydrogen (secondary N) is 2. The maximum Gasteiger partial charge on any atom is 0.241 e. The van der Waals surface area contributed by atoms with Crippen molar-refractivity contribution in [2.45, 2.75) is 5.92 Å². The number of amides is 1. The lowest BCUT2D eigenvalue weighted by Gasteiger charge is -2.13. The normalized spacial score (nSPS) is 11.2. The highest BCUT2D eigenvalue weighted by atomic mass is 19.1. The van der Waals surface area contributed by atoms with Gasteiger partial charge >= 0.3 is 0 Å². The molecular weight excluding hydrogens is 369 g/mol. The van der Waals surface area contributed by atoms with E-state index in [-0.39, 0.29) is 5.91 Å². The first kappa shape index (κ1) is 19.9. The molecule has 146 valence electrons. The second-order valence-corrected chi connectivity index (χ2v) is 6.28. The Morgan fingerprint density at radius 3 is 2.41 bits per heavy atom. The monoisotopic (exact) mass is 389 g/mol. The van der Waals surface area contributed by atoms with Gasteiger partial charge in [-0.05, 0) is 42.0 Å². The van der Waals surface area contributed by atoms with Crippen LogP contribution in [-0.4, -0.2) is 19.0 Å². The van der Waals surface area contributed by atoms with E-state index in [1.165, 1.54) is 12.1 Å². The zero-order valence-corrected chi connectivity index (χ0v) is 15.6. The number of carbonyl (C=O) groups is 1. The second kappa shape index (κ2) is 9.90. The third-order valence-electron chi connectivity index (χ3n) is 4.14. The number of benzene rings is 3. The van der Waals surface area contributed by atoms with E-state index in [1.54, 1.807) is 36.4 Å². The molecular formula is C23H20FN3O2. The number of nitrogens with zero attached hydrogens (tertiary/aromatic N) is 1. The summed E-state index contributed by atoms with van der Waals surface area (Å²) < 4.78 is 18.9. The summed E-state index contributed by atoms with van der Waals surface area (Å²) in [6, 6.07) is 24.1. The van der Waals surface area contributed by atoms with E-state index in [9.17, 15) is 14.4 Å². The van der Waals surface area contributed by atoms with Crippen molar-refractivity contribution in [1.29, 1.82) is 5.26 Å². The fraction of sp³-hybridized carbons (Fsp3) is 0.130. The molecule has 0 heterocycles. The van der Waals surface area contributed by atoms with E-state index in [2.05, 4.69) is 10.6 Å². The zero-order valence-electron chi connectivity index (χ0n) is 15.6. The maximum absolute atomic E-state index is 13.3. The average Bonchev–Trinajstić information content (AvgIpc) is 2.73. The van der Waals surface area contributed by atoms with Gasteiger partial charge in [0.15, 0.2) is 0 Å². The molecule has 0 aliphatic heterocycles. The number of ether oxygens (including phenoxy) is 1. The minimum absolute atomic E-state index is 0.340. The van der Waals surface area contributed by atoms with Crippen molar-refractivity contribution in [1.82, 2.24) is 5.32 Å². The summed E-state index contributed by atoms with van der Waals surface area (Å²) in [5.74, 6) is -0.996. The van der Waals surface area contributed by atoms with Gasteiger partial charge in [-0.15, -0.1) is 0 Å². The van der Waals surface area contributed by atoms with Gasteiger partial charge in [0.1, 0.15) is 23.2 Å². The molecule has 1 amide bonds. The lowest BCUT2D eigenvalue weighted by Crippen LogP contribution is -2.32. The molecule has 1 unspecified atom stereocenters. The molecule has 29 heavy (non-hydrogen) atoms. The van der Waals surface area contributed by atoms with Gasteiger partial charge in [-0.25, -0.2) is 4.39 Å². The highest BCUT2D eigenvalue weighted by molar-refractivity contribution is 5.86. The van der Waals surface area contributed by atoms with Crippen molar-refractivity contribution in [3.63, 3.8) is 0 Å². The number of halogens is 1. The van der Waals surface area contributed by atoms with Gasteiger partial charge in [0.2, 0.25) is 5.91 Å². The van der Waals surface area contributed by atoms with Gasteiger partial charge in [-0.1, -0.05) is 36.4 Å². The SMILES string of the molecule is N#CC(C(=O)NCCNc1ccccc1)c1cccc(Oc2cccc(F)c2)c1. The fourth-order valence-corrected chi connectivity index (χ4v) is 2.76. The Labute approximate surface area is 168 Å². The number of nitriles is 1. The van der Waals surface area contributed by atoms with Gasteiger partial charge in [-0.2, -0.15) is 5.26 Å². The van der Waals surface area contributed by atoms with Crippen LogP contribution in [0.5, 0.6) is 11.5 Å². The summed E-state index contributed by atoms with van der Waals surface area (Å²) in [6.45, 7) is 0.919. The van der Waals surface area contributed by atoms with Crippen molar-refractivity contribution < 1.29 is 13.9 Å². The van der Waals surface area contributed by atoms with Crippen LogP contribution in [0, 0.1) is 17.1 Å². The third kappa shape index (κ3) is 5.81. The summed E-state index contributed by atoms with van der Waals surface area (Å²) in [7, 11) is 0. The molecule has 0 bridgehead atoms. The van der Waals surface area contributed by atoms with E-state index >= 15 is 0 Å². The molecule has 6 heteroatoms. The highest BCUT2D eigenvalue weighted by Crippen LogP contribution is 2.26. The van der Waals surface area contributed by atoms with Gasteiger partial charge < -0.3 is 15.4 Å². The molecule has 0 saturated carbocycles. The predicted molar refractivity (Wildman–Crippen MR) is 109 cm³/mol. The maximum atomic E-state index is 13.3. The molecule has 2 N–H and O–H groups in total. The number of hydrogen-bond acceptors (Lipinski definition) is 4. The van der Waals surface area contributed by atoms with Crippen LogP contribution < -0.4 is 15.4 Å². The number of anilines is 1. The summed E-state index contributed by atoms with van der Waals surface area (Å²) in [5, 5.41) is 15.4. The molecule has 5 nitrogen and oxygen atoms in total. The Hall–Kier alpha value is -3.85. The fourth-order valence-electron chi connectivity index (χ4n) is 2.76. The van der Waals surface area contributed by atoms with Gasteiger partial charge in [-0.3, -0.25) is 4.79 Å². The van der Waals surface area contributed by atoms with Crippen molar-refractivity contribution in [3.8, 4) is 17.6 Å². The average molecular weight is 389 g/mol. The second-order valence-electron chi connectivity index (χ2n) is 6.28. The summed E-state index contributed by atoms with van der Waals surface area (Å²) in [6.07, 6.45) is 0. The van der Waals surface area contributed by atoms with E-state index in [0.29, 0.717) is 30.2 Å². The molecule has 0 aliphatic carbocycles. The molecule has 3 aromatic rings. The zero-order chi connectivity index (χ0) is 20.5. The smallest absolute Gasteiger partial charge is 0.241 e. The molecule has 3 rings (SSSR count). The molecule has 0 spiro atoms. The number of rotatable bonds is 8. The molecule has 1 atom stereocenters. The number of carbonyl (C=O) groups excluding carboxylic acids is 1. The Balaban J connectivity index is 1.58. The Morgan fingerprint density at radius 2 is 1.69 bits per heavy atom. The van der Waals surface area contributed by atoms with Crippen LogP contribution in [0.25, 0.3) is 0 Å². The Morgan fingerprint density at radius 1 is 0.966 bits per heavy atom. The number of hydrogen-bond donors (Lipinski definition) is 2. The third-order valence-corrected chi connectivity index (χ3v) is 4.14. The molecule has 0 aliphatic rings. The molecule has 0 saturated heterocycles. The molecule has 0 radical (unpaired) electrons. The van der Waals surface area contributed by atoms with Crippen molar-refractivity contribution in [3.05, 3.63) is 90.2 Å². The van der Waals surface area contributed by atoms with Crippen LogP contribution in [0.1, 0.15) is 11.5 Å².